The first-order valence-electron chi connectivity index (χ1n) is 5.09. The molecule has 1 nitrogen and oxygen atoms in total. The second-order valence-electron chi connectivity index (χ2n) is 3.72. The van der Waals surface area contributed by atoms with Gasteiger partial charge in [0.2, 0.25) is 0 Å². The van der Waals surface area contributed by atoms with Gasteiger partial charge in [0.15, 0.2) is 0 Å². The quantitative estimate of drug-likeness (QED) is 0.814. The summed E-state index contributed by atoms with van der Waals surface area (Å²) in [6, 6.07) is 0.647. The zero-order chi connectivity index (χ0) is 13.2. The van der Waals surface area contributed by atoms with E-state index in [1.165, 1.54) is 0 Å². The summed E-state index contributed by atoms with van der Waals surface area (Å²) in [5, 5.41) is -0.348. The van der Waals surface area contributed by atoms with Crippen LogP contribution in [0.3, 0.4) is 0 Å². The van der Waals surface area contributed by atoms with Crippen molar-refractivity contribution in [2.75, 3.05) is 0 Å². The summed E-state index contributed by atoms with van der Waals surface area (Å²) in [4.78, 5) is 0. The minimum absolute atomic E-state index is 0.264. The summed E-state index contributed by atoms with van der Waals surface area (Å²) in [6.07, 6.45) is -3.81. The average Bonchev–Trinajstić information content (AvgIpc) is 2.20. The molecule has 0 radical (unpaired) electrons. The van der Waals surface area contributed by atoms with Gasteiger partial charge in [-0.1, -0.05) is 24.9 Å². The molecular formula is C11H12ClF4N. The van der Waals surface area contributed by atoms with E-state index in [4.69, 9.17) is 17.3 Å². The summed E-state index contributed by atoms with van der Waals surface area (Å²) in [7, 11) is 0. The van der Waals surface area contributed by atoms with E-state index in [1.807, 2.05) is 0 Å². The van der Waals surface area contributed by atoms with Crippen molar-refractivity contribution in [3.05, 3.63) is 34.1 Å². The SMILES string of the molecule is CCC[C@@H](N)c1c(C(F)(F)F)ccc(Cl)c1F. The Balaban J connectivity index is 3.36. The Bertz CT molecular complexity index is 403. The maximum absolute atomic E-state index is 13.7. The summed E-state index contributed by atoms with van der Waals surface area (Å²) in [5.41, 5.74) is 3.97. The maximum Gasteiger partial charge on any atom is 0.416 e. The zero-order valence-electron chi connectivity index (χ0n) is 9.11. The van der Waals surface area contributed by atoms with E-state index < -0.39 is 29.2 Å². The average molecular weight is 270 g/mol. The highest BCUT2D eigenvalue weighted by Crippen LogP contribution is 2.38. The topological polar surface area (TPSA) is 26.0 Å². The predicted molar refractivity (Wildman–Crippen MR) is 58.2 cm³/mol. The Morgan fingerprint density at radius 2 is 1.94 bits per heavy atom. The highest BCUT2D eigenvalue weighted by molar-refractivity contribution is 6.30. The van der Waals surface area contributed by atoms with E-state index >= 15 is 0 Å². The standard InChI is InChI=1S/C11H12ClF4N/c1-2-3-8(17)9-6(11(14,15)16)4-5-7(12)10(9)13/h4-5,8H,2-3,17H2,1H3/t8-/m1/s1. The molecule has 1 aromatic carbocycles. The fourth-order valence-corrected chi connectivity index (χ4v) is 1.80. The number of hydrogen-bond donors (Lipinski definition) is 1. The van der Waals surface area contributed by atoms with Gasteiger partial charge in [0.1, 0.15) is 5.82 Å². The van der Waals surface area contributed by atoms with Gasteiger partial charge in [-0.05, 0) is 18.6 Å². The molecule has 96 valence electrons. The van der Waals surface area contributed by atoms with Crippen LogP contribution in [0.4, 0.5) is 17.6 Å². The number of alkyl halides is 3. The highest BCUT2D eigenvalue weighted by atomic mass is 35.5. The fraction of sp³-hybridized carbons (Fsp3) is 0.455. The van der Waals surface area contributed by atoms with Crippen molar-refractivity contribution in [2.45, 2.75) is 32.0 Å². The first kappa shape index (κ1) is 14.3. The summed E-state index contributed by atoms with van der Waals surface area (Å²) < 4.78 is 51.7. The second kappa shape index (κ2) is 5.23. The third-order valence-electron chi connectivity index (χ3n) is 2.41. The van der Waals surface area contributed by atoms with Crippen molar-refractivity contribution in [2.24, 2.45) is 5.73 Å². The van der Waals surface area contributed by atoms with Crippen LogP contribution in [0.1, 0.15) is 36.9 Å². The molecule has 0 amide bonds. The summed E-state index contributed by atoms with van der Waals surface area (Å²) >= 11 is 5.48. The van der Waals surface area contributed by atoms with Gasteiger partial charge in [0, 0.05) is 11.6 Å². The Morgan fingerprint density at radius 1 is 1.35 bits per heavy atom. The third-order valence-corrected chi connectivity index (χ3v) is 2.70. The summed E-state index contributed by atoms with van der Waals surface area (Å²) in [6.45, 7) is 1.76. The van der Waals surface area contributed by atoms with E-state index in [1.54, 1.807) is 6.92 Å². The second-order valence-corrected chi connectivity index (χ2v) is 4.12. The Kier molecular flexibility index (Phi) is 4.38. The van der Waals surface area contributed by atoms with Gasteiger partial charge < -0.3 is 5.73 Å². The van der Waals surface area contributed by atoms with Crippen LogP contribution in [0.25, 0.3) is 0 Å². The minimum atomic E-state index is -4.63. The van der Waals surface area contributed by atoms with Gasteiger partial charge in [-0.15, -0.1) is 0 Å². The van der Waals surface area contributed by atoms with Crippen LogP contribution in [-0.4, -0.2) is 0 Å². The lowest BCUT2D eigenvalue weighted by Crippen LogP contribution is -2.19. The molecule has 0 spiro atoms. The van der Waals surface area contributed by atoms with E-state index in [2.05, 4.69) is 0 Å². The molecule has 0 unspecified atom stereocenters. The monoisotopic (exact) mass is 269 g/mol. The van der Waals surface area contributed by atoms with Gasteiger partial charge in [-0.25, -0.2) is 4.39 Å². The molecule has 0 aliphatic carbocycles. The fourth-order valence-electron chi connectivity index (χ4n) is 1.63. The van der Waals surface area contributed by atoms with E-state index in [-0.39, 0.29) is 11.4 Å². The number of nitrogens with two attached hydrogens (primary N) is 1. The van der Waals surface area contributed by atoms with Gasteiger partial charge in [-0.2, -0.15) is 13.2 Å². The largest absolute Gasteiger partial charge is 0.416 e. The lowest BCUT2D eigenvalue weighted by atomic mass is 9.96. The van der Waals surface area contributed by atoms with Gasteiger partial charge >= 0.3 is 6.18 Å². The van der Waals surface area contributed by atoms with Gasteiger partial charge in [0.05, 0.1) is 10.6 Å². The van der Waals surface area contributed by atoms with Crippen molar-refractivity contribution in [1.29, 1.82) is 0 Å². The molecule has 0 aliphatic rings. The molecule has 0 saturated heterocycles. The van der Waals surface area contributed by atoms with E-state index in [0.717, 1.165) is 12.1 Å². The normalized spacial score (nSPS) is 13.8. The lowest BCUT2D eigenvalue weighted by Gasteiger charge is -2.19. The molecular weight excluding hydrogens is 258 g/mol. The van der Waals surface area contributed by atoms with Crippen molar-refractivity contribution in [3.63, 3.8) is 0 Å². The van der Waals surface area contributed by atoms with Crippen molar-refractivity contribution in [1.82, 2.24) is 0 Å². The molecule has 0 heterocycles. The molecule has 0 bridgehead atoms. The lowest BCUT2D eigenvalue weighted by molar-refractivity contribution is -0.138. The van der Waals surface area contributed by atoms with Crippen LogP contribution in [0, 0.1) is 5.82 Å². The van der Waals surface area contributed by atoms with Crippen LogP contribution in [-0.2, 0) is 6.18 Å². The predicted octanol–water partition coefficient (Wildman–Crippen LogP) is 4.30. The molecule has 1 rings (SSSR count). The molecule has 0 aromatic heterocycles. The molecule has 2 N–H and O–H groups in total. The molecule has 0 fully saturated rings. The van der Waals surface area contributed by atoms with Gasteiger partial charge in [-0.3, -0.25) is 0 Å². The number of halogens is 5. The van der Waals surface area contributed by atoms with Crippen molar-refractivity contribution in [3.8, 4) is 0 Å². The summed E-state index contributed by atoms with van der Waals surface area (Å²) in [5.74, 6) is -1.08. The molecule has 6 heteroatoms. The molecule has 1 aromatic rings. The van der Waals surface area contributed by atoms with Crippen molar-refractivity contribution >= 4 is 11.6 Å². The first-order chi connectivity index (χ1) is 7.79. The van der Waals surface area contributed by atoms with E-state index in [9.17, 15) is 17.6 Å². The number of hydrogen-bond acceptors (Lipinski definition) is 1. The number of benzene rings is 1. The first-order valence-corrected chi connectivity index (χ1v) is 5.47. The molecule has 1 atom stereocenters. The van der Waals surface area contributed by atoms with E-state index in [0.29, 0.717) is 6.42 Å². The van der Waals surface area contributed by atoms with Crippen LogP contribution in [0.15, 0.2) is 12.1 Å². The molecule has 0 saturated carbocycles. The van der Waals surface area contributed by atoms with Crippen LogP contribution >= 0.6 is 11.6 Å². The number of rotatable bonds is 3. The molecule has 0 aliphatic heterocycles. The van der Waals surface area contributed by atoms with Crippen molar-refractivity contribution < 1.29 is 17.6 Å². The van der Waals surface area contributed by atoms with Crippen LogP contribution in [0.2, 0.25) is 5.02 Å². The Labute approximate surface area is 102 Å². The van der Waals surface area contributed by atoms with Crippen LogP contribution < -0.4 is 5.73 Å². The highest BCUT2D eigenvalue weighted by Gasteiger charge is 2.36. The van der Waals surface area contributed by atoms with Gasteiger partial charge in [0.25, 0.3) is 0 Å². The third kappa shape index (κ3) is 3.10. The molecule has 17 heavy (non-hydrogen) atoms. The smallest absolute Gasteiger partial charge is 0.324 e. The zero-order valence-corrected chi connectivity index (χ0v) is 9.87. The Morgan fingerprint density at radius 3 is 2.41 bits per heavy atom. The van der Waals surface area contributed by atoms with Crippen LogP contribution in [0.5, 0.6) is 0 Å². The maximum atomic E-state index is 13.7. The Hall–Kier alpha value is -0.810. The minimum Gasteiger partial charge on any atom is -0.324 e.